The van der Waals surface area contributed by atoms with Crippen LogP contribution < -0.4 is 14.4 Å². The van der Waals surface area contributed by atoms with Crippen molar-refractivity contribution in [3.63, 3.8) is 0 Å². The topological polar surface area (TPSA) is 111 Å². The second-order valence-electron chi connectivity index (χ2n) is 14.2. The lowest BCUT2D eigenvalue weighted by Crippen LogP contribution is -2.52. The fourth-order valence-electron chi connectivity index (χ4n) is 7.85. The summed E-state index contributed by atoms with van der Waals surface area (Å²) < 4.78 is 48.0. The maximum Gasteiger partial charge on any atom is 0.264 e. The van der Waals surface area contributed by atoms with E-state index in [0.29, 0.717) is 38.5 Å². The van der Waals surface area contributed by atoms with Gasteiger partial charge in [-0.2, -0.15) is 0 Å². The Kier molecular flexibility index (Phi) is 11.8. The van der Waals surface area contributed by atoms with Gasteiger partial charge in [0.2, 0.25) is 10.0 Å². The van der Waals surface area contributed by atoms with E-state index in [1.807, 2.05) is 32.1 Å². The van der Waals surface area contributed by atoms with E-state index in [0.717, 1.165) is 49.1 Å². The highest BCUT2D eigenvalue weighted by atomic mass is 35.5. The average molecular weight is 703 g/mol. The van der Waals surface area contributed by atoms with E-state index in [1.54, 1.807) is 18.2 Å². The predicted octanol–water partition coefficient (Wildman–Crippen LogP) is 6.43. The van der Waals surface area contributed by atoms with Crippen LogP contribution in [0.3, 0.4) is 0 Å². The zero-order chi connectivity index (χ0) is 34.5. The summed E-state index contributed by atoms with van der Waals surface area (Å²) >= 11 is 6.44. The Balaban J connectivity index is 1.59. The van der Waals surface area contributed by atoms with E-state index in [1.165, 1.54) is 7.11 Å². The molecule has 0 radical (unpaired) electrons. The molecule has 1 aromatic carbocycles. The van der Waals surface area contributed by atoms with Gasteiger partial charge in [0.1, 0.15) is 11.4 Å². The first kappa shape index (κ1) is 36.6. The summed E-state index contributed by atoms with van der Waals surface area (Å²) in [5.74, 6) is -0.0879. The van der Waals surface area contributed by atoms with Crippen LogP contribution >= 0.6 is 11.6 Å². The zero-order valence-corrected chi connectivity index (χ0v) is 30.2. The SMILES string of the molecule is CCO[C@]1(C=O)/C=C/C[C@H](C)[C@@H](CCOC)S(=O)(=O)NC(=O)c2ccc3c(c2)N(CCCCC2C=C(Cl)C=CC2(C)CO3)C[C@@H]2CC[C@H]21. The molecule has 2 unspecified atom stereocenters. The number of ether oxygens (including phenoxy) is 3. The molecular weight excluding hydrogens is 652 g/mol. The lowest BCUT2D eigenvalue weighted by molar-refractivity contribution is -0.140. The van der Waals surface area contributed by atoms with Crippen LogP contribution in [0.1, 0.15) is 76.1 Å². The molecule has 0 spiro atoms. The van der Waals surface area contributed by atoms with Gasteiger partial charge in [-0.05, 0) is 93.6 Å². The van der Waals surface area contributed by atoms with Crippen molar-refractivity contribution in [1.29, 1.82) is 0 Å². The number of carbonyl (C=O) groups is 2. The molecule has 2 aliphatic carbocycles. The molecule has 0 aromatic heterocycles. The Morgan fingerprint density at radius 3 is 2.71 bits per heavy atom. The van der Waals surface area contributed by atoms with Crippen molar-refractivity contribution in [3.05, 3.63) is 59.2 Å². The number of methoxy groups -OCH3 is 1. The molecule has 2 aliphatic heterocycles. The number of aldehydes is 1. The summed E-state index contributed by atoms with van der Waals surface area (Å²) in [6.45, 7) is 8.26. The molecule has 4 aliphatic rings. The Bertz CT molecular complexity index is 1530. The third-order valence-electron chi connectivity index (χ3n) is 10.9. The Hall–Kier alpha value is -2.66. The smallest absolute Gasteiger partial charge is 0.264 e. The quantitative estimate of drug-likeness (QED) is 0.267. The Morgan fingerprint density at radius 2 is 2.00 bits per heavy atom. The number of hydrogen-bond donors (Lipinski definition) is 1. The van der Waals surface area contributed by atoms with Gasteiger partial charge in [0.25, 0.3) is 5.91 Å². The van der Waals surface area contributed by atoms with Crippen LogP contribution in [0.15, 0.2) is 53.6 Å². The standard InChI is InChI=1S/C37H51ClN2O7S/c1-5-47-37(24-41)17-8-9-26(2)34(16-20-45-4)48(43,44)39-35(42)27-12-14-33-32(21-27)40(23-28-11-13-31(28)37)19-7-6-10-29-22-30(38)15-18-36(29,3)25-46-33/h8,12,14-15,17-18,21-22,24,26,28-29,31,34H,5-7,9-11,13,16,19-20,23,25H2,1-4H3,(H,39,42)/b17-8+/t26-,28-,29?,31+,34+,36?,37-/m0/s1. The molecule has 1 saturated carbocycles. The highest BCUT2D eigenvalue weighted by Crippen LogP contribution is 2.46. The second kappa shape index (κ2) is 15.5. The van der Waals surface area contributed by atoms with Crippen LogP contribution in [-0.4, -0.2) is 71.5 Å². The Labute approximate surface area is 291 Å². The van der Waals surface area contributed by atoms with Crippen molar-refractivity contribution in [2.75, 3.05) is 44.9 Å². The summed E-state index contributed by atoms with van der Waals surface area (Å²) in [6.07, 6.45) is 16.0. The normalized spacial score (nSPS) is 34.5. The number of allylic oxidation sites excluding steroid dienone is 4. The van der Waals surface area contributed by atoms with E-state index >= 15 is 0 Å². The number of carbonyl (C=O) groups excluding carboxylic acids is 2. The average Bonchev–Trinajstić information content (AvgIpc) is 3.06. The van der Waals surface area contributed by atoms with Crippen LogP contribution in [0.25, 0.3) is 0 Å². The van der Waals surface area contributed by atoms with Crippen molar-refractivity contribution in [2.45, 2.75) is 76.6 Å². The van der Waals surface area contributed by atoms with Gasteiger partial charge in [-0.1, -0.05) is 50.1 Å². The number of rotatable bonds is 6. The first-order valence-corrected chi connectivity index (χ1v) is 19.3. The number of benzene rings is 1. The van der Waals surface area contributed by atoms with Gasteiger partial charge in [-0.3, -0.25) is 9.59 Å². The molecule has 0 saturated heterocycles. The number of sulfonamides is 1. The van der Waals surface area contributed by atoms with Gasteiger partial charge >= 0.3 is 0 Å². The zero-order valence-electron chi connectivity index (χ0n) is 28.7. The van der Waals surface area contributed by atoms with Crippen molar-refractivity contribution in [2.24, 2.45) is 29.1 Å². The minimum atomic E-state index is -4.10. The van der Waals surface area contributed by atoms with Crippen LogP contribution in [0.5, 0.6) is 5.75 Å². The van der Waals surface area contributed by atoms with Gasteiger partial charge < -0.3 is 19.1 Å². The number of amides is 1. The molecule has 1 N–H and O–H groups in total. The van der Waals surface area contributed by atoms with Gasteiger partial charge in [0.05, 0.1) is 17.5 Å². The largest absolute Gasteiger partial charge is 0.490 e. The maximum atomic E-state index is 13.8. The molecule has 9 nitrogen and oxygen atoms in total. The number of fused-ring (bicyclic) bond motifs is 3. The van der Waals surface area contributed by atoms with Gasteiger partial charge in [0.15, 0.2) is 6.29 Å². The Morgan fingerprint density at radius 1 is 1.19 bits per heavy atom. The highest BCUT2D eigenvalue weighted by Gasteiger charge is 2.48. The lowest BCUT2D eigenvalue weighted by atomic mass is 9.64. The molecule has 1 amide bonds. The van der Waals surface area contributed by atoms with E-state index in [-0.39, 0.29) is 47.7 Å². The van der Waals surface area contributed by atoms with Gasteiger partial charge in [-0.25, -0.2) is 13.1 Å². The van der Waals surface area contributed by atoms with E-state index in [4.69, 9.17) is 25.8 Å². The number of nitrogens with zero attached hydrogens (tertiary/aromatic N) is 1. The number of halogens is 1. The molecule has 48 heavy (non-hydrogen) atoms. The lowest BCUT2D eigenvalue weighted by Gasteiger charge is -2.48. The first-order valence-electron chi connectivity index (χ1n) is 17.4. The fraction of sp³-hybridized carbons (Fsp3) is 0.622. The summed E-state index contributed by atoms with van der Waals surface area (Å²) in [6, 6.07) is 5.17. The summed E-state index contributed by atoms with van der Waals surface area (Å²) in [5.41, 5.74) is -0.407. The van der Waals surface area contributed by atoms with Crippen molar-refractivity contribution in [1.82, 2.24) is 4.72 Å². The molecular formula is C37H51ClN2O7S. The molecule has 7 atom stereocenters. The van der Waals surface area contributed by atoms with E-state index in [9.17, 15) is 18.0 Å². The van der Waals surface area contributed by atoms with Crippen LogP contribution in [0.4, 0.5) is 5.69 Å². The number of hydrogen-bond acceptors (Lipinski definition) is 8. The molecule has 11 heteroatoms. The maximum absolute atomic E-state index is 13.8. The van der Waals surface area contributed by atoms with Crippen molar-refractivity contribution < 1.29 is 32.2 Å². The monoisotopic (exact) mass is 702 g/mol. The van der Waals surface area contributed by atoms with Crippen LogP contribution in [0.2, 0.25) is 0 Å². The molecule has 2 bridgehead atoms. The van der Waals surface area contributed by atoms with E-state index in [2.05, 4.69) is 28.7 Å². The number of nitrogens with one attached hydrogen (secondary N) is 1. The predicted molar refractivity (Wildman–Crippen MR) is 189 cm³/mol. The molecule has 264 valence electrons. The molecule has 1 aromatic rings. The van der Waals surface area contributed by atoms with E-state index < -0.39 is 26.8 Å². The van der Waals surface area contributed by atoms with Crippen molar-refractivity contribution >= 4 is 39.5 Å². The number of anilines is 1. The minimum Gasteiger partial charge on any atom is -0.490 e. The third kappa shape index (κ3) is 7.87. The highest BCUT2D eigenvalue weighted by molar-refractivity contribution is 7.90. The molecule has 2 heterocycles. The second-order valence-corrected chi connectivity index (χ2v) is 16.5. The minimum absolute atomic E-state index is 0.0457. The van der Waals surface area contributed by atoms with Crippen LogP contribution in [0, 0.1) is 29.1 Å². The van der Waals surface area contributed by atoms with Gasteiger partial charge in [0, 0.05) is 55.3 Å². The third-order valence-corrected chi connectivity index (χ3v) is 13.1. The summed E-state index contributed by atoms with van der Waals surface area (Å²) in [7, 11) is -2.57. The van der Waals surface area contributed by atoms with Crippen LogP contribution in [-0.2, 0) is 24.3 Å². The summed E-state index contributed by atoms with van der Waals surface area (Å²) in [4.78, 5) is 28.8. The van der Waals surface area contributed by atoms with Gasteiger partial charge in [-0.15, -0.1) is 0 Å². The molecule has 1 fully saturated rings. The fourth-order valence-corrected chi connectivity index (χ4v) is 9.73. The molecule has 5 rings (SSSR count). The first-order chi connectivity index (χ1) is 22.9. The van der Waals surface area contributed by atoms with Crippen molar-refractivity contribution in [3.8, 4) is 5.75 Å². The summed E-state index contributed by atoms with van der Waals surface area (Å²) in [5, 5.41) is -0.158.